The zero-order valence-electron chi connectivity index (χ0n) is 21.5. The molecule has 0 saturated heterocycles. The third-order valence-corrected chi connectivity index (χ3v) is 7.60. The third-order valence-electron chi connectivity index (χ3n) is 5.80. The smallest absolute Gasteiger partial charge is 0.243 e. The molecule has 4 aromatic rings. The van der Waals surface area contributed by atoms with E-state index in [1.54, 1.807) is 24.3 Å². The summed E-state index contributed by atoms with van der Waals surface area (Å²) in [6, 6.07) is 22.5. The van der Waals surface area contributed by atoms with Gasteiger partial charge in [0.05, 0.1) is 18.6 Å². The van der Waals surface area contributed by atoms with Crippen LogP contribution in [-0.4, -0.2) is 42.4 Å². The minimum atomic E-state index is -3.96. The van der Waals surface area contributed by atoms with Crippen molar-refractivity contribution in [3.05, 3.63) is 102 Å². The Morgan fingerprint density at radius 2 is 1.66 bits per heavy atom. The van der Waals surface area contributed by atoms with Gasteiger partial charge >= 0.3 is 0 Å². The Kier molecular flexibility index (Phi) is 8.55. The van der Waals surface area contributed by atoms with Crippen molar-refractivity contribution in [3.63, 3.8) is 0 Å². The quantitative estimate of drug-likeness (QED) is 0.299. The van der Waals surface area contributed by atoms with Crippen molar-refractivity contribution < 1.29 is 22.5 Å². The zero-order chi connectivity index (χ0) is 27.1. The maximum Gasteiger partial charge on any atom is 0.243 e. The van der Waals surface area contributed by atoms with Gasteiger partial charge in [-0.15, -0.1) is 0 Å². The van der Waals surface area contributed by atoms with Gasteiger partial charge < -0.3 is 14.6 Å². The number of hydrogen-bond donors (Lipinski definition) is 1. The van der Waals surface area contributed by atoms with E-state index >= 15 is 0 Å². The molecular formula is C28H30N4O5S. The van der Waals surface area contributed by atoms with Gasteiger partial charge in [-0.1, -0.05) is 61.5 Å². The highest BCUT2D eigenvalue weighted by molar-refractivity contribution is 7.89. The SMILES string of the molecule is COc1ccc(S(=O)(=O)N(CC(=O)Nc2ccc(Cc3noc(C(C)C)n3)cc2)Cc2ccccc2)cc1. The number of carbonyl (C=O) groups is 1. The molecule has 4 rings (SSSR count). The molecule has 0 aliphatic heterocycles. The molecule has 10 heteroatoms. The first kappa shape index (κ1) is 27.0. The van der Waals surface area contributed by atoms with Gasteiger partial charge in [-0.2, -0.15) is 9.29 Å². The molecular weight excluding hydrogens is 504 g/mol. The lowest BCUT2D eigenvalue weighted by Gasteiger charge is -2.22. The topological polar surface area (TPSA) is 115 Å². The van der Waals surface area contributed by atoms with Crippen LogP contribution in [0.15, 0.2) is 88.3 Å². The van der Waals surface area contributed by atoms with Crippen LogP contribution >= 0.6 is 0 Å². The van der Waals surface area contributed by atoms with Crippen LogP contribution in [0.25, 0.3) is 0 Å². The maximum absolute atomic E-state index is 13.5. The molecule has 0 aliphatic carbocycles. The van der Waals surface area contributed by atoms with Crippen LogP contribution < -0.4 is 10.1 Å². The van der Waals surface area contributed by atoms with E-state index in [1.165, 1.54) is 19.2 Å². The highest BCUT2D eigenvalue weighted by Crippen LogP contribution is 2.22. The summed E-state index contributed by atoms with van der Waals surface area (Å²) in [6.07, 6.45) is 0.495. The molecule has 1 heterocycles. The van der Waals surface area contributed by atoms with Gasteiger partial charge in [0.25, 0.3) is 0 Å². The molecule has 1 amide bonds. The molecule has 0 radical (unpaired) electrons. The minimum Gasteiger partial charge on any atom is -0.497 e. The second-order valence-electron chi connectivity index (χ2n) is 9.06. The molecule has 1 N–H and O–H groups in total. The summed E-state index contributed by atoms with van der Waals surface area (Å²) in [6.45, 7) is 3.66. The van der Waals surface area contributed by atoms with E-state index in [9.17, 15) is 13.2 Å². The zero-order valence-corrected chi connectivity index (χ0v) is 22.3. The molecule has 0 spiro atoms. The van der Waals surface area contributed by atoms with Crippen molar-refractivity contribution >= 4 is 21.6 Å². The summed E-state index contributed by atoms with van der Waals surface area (Å²) < 4.78 is 38.5. The normalized spacial score (nSPS) is 11.6. The standard InChI is InChI=1S/C28H30N4O5S/c1-20(2)28-30-26(31-37-28)17-21-9-11-23(12-10-21)29-27(33)19-32(18-22-7-5-4-6-8-22)38(34,35)25-15-13-24(36-3)14-16-25/h4-16,20H,17-19H2,1-3H3,(H,29,33). The number of nitrogens with one attached hydrogen (secondary N) is 1. The number of sulfonamides is 1. The summed E-state index contributed by atoms with van der Waals surface area (Å²) in [7, 11) is -2.45. The Morgan fingerprint density at radius 3 is 2.26 bits per heavy atom. The molecule has 1 aromatic heterocycles. The molecule has 0 atom stereocenters. The van der Waals surface area contributed by atoms with Gasteiger partial charge in [0.1, 0.15) is 5.75 Å². The summed E-state index contributed by atoms with van der Waals surface area (Å²) in [5.74, 6) is 1.42. The van der Waals surface area contributed by atoms with E-state index < -0.39 is 15.9 Å². The Labute approximate surface area is 222 Å². The predicted octanol–water partition coefficient (Wildman–Crippen LogP) is 4.62. The second kappa shape index (κ2) is 12.0. The van der Waals surface area contributed by atoms with E-state index in [2.05, 4.69) is 15.5 Å². The minimum absolute atomic E-state index is 0.0463. The molecule has 0 fully saturated rings. The lowest BCUT2D eigenvalue weighted by Crippen LogP contribution is -2.37. The molecule has 0 unspecified atom stereocenters. The number of nitrogens with zero attached hydrogens (tertiary/aromatic N) is 3. The van der Waals surface area contributed by atoms with Gasteiger partial charge in [-0.3, -0.25) is 4.79 Å². The summed E-state index contributed by atoms with van der Waals surface area (Å²) in [4.78, 5) is 17.4. The first-order chi connectivity index (χ1) is 18.2. The number of benzene rings is 3. The molecule has 0 saturated carbocycles. The van der Waals surface area contributed by atoms with Crippen molar-refractivity contribution in [2.45, 2.75) is 37.6 Å². The second-order valence-corrected chi connectivity index (χ2v) is 11.0. The van der Waals surface area contributed by atoms with Crippen molar-refractivity contribution in [3.8, 4) is 5.75 Å². The van der Waals surface area contributed by atoms with E-state index in [0.29, 0.717) is 29.6 Å². The number of ether oxygens (including phenoxy) is 1. The number of methoxy groups -OCH3 is 1. The Bertz CT molecular complexity index is 1450. The van der Waals surface area contributed by atoms with E-state index in [0.717, 1.165) is 15.4 Å². The fraction of sp³-hybridized carbons (Fsp3) is 0.250. The van der Waals surface area contributed by atoms with Crippen molar-refractivity contribution in [2.75, 3.05) is 19.0 Å². The fourth-order valence-electron chi connectivity index (χ4n) is 3.73. The average Bonchev–Trinajstić information content (AvgIpc) is 3.39. The third kappa shape index (κ3) is 6.84. The first-order valence-corrected chi connectivity index (χ1v) is 13.6. The Balaban J connectivity index is 1.46. The molecule has 0 bridgehead atoms. The Morgan fingerprint density at radius 1 is 0.974 bits per heavy atom. The van der Waals surface area contributed by atoms with Gasteiger partial charge in [-0.25, -0.2) is 8.42 Å². The summed E-state index contributed by atoms with van der Waals surface area (Å²) in [5, 5.41) is 6.80. The fourth-order valence-corrected chi connectivity index (χ4v) is 5.12. The number of amides is 1. The largest absolute Gasteiger partial charge is 0.497 e. The van der Waals surface area contributed by atoms with E-state index in [4.69, 9.17) is 9.26 Å². The lowest BCUT2D eigenvalue weighted by atomic mass is 10.1. The number of carbonyl (C=O) groups excluding carboxylic acids is 1. The van der Waals surface area contributed by atoms with Crippen LogP contribution in [0.2, 0.25) is 0 Å². The predicted molar refractivity (Wildman–Crippen MR) is 143 cm³/mol. The van der Waals surface area contributed by atoms with Gasteiger partial charge in [-0.05, 0) is 47.5 Å². The van der Waals surface area contributed by atoms with Crippen LogP contribution in [-0.2, 0) is 27.8 Å². The first-order valence-electron chi connectivity index (χ1n) is 12.1. The highest BCUT2D eigenvalue weighted by Gasteiger charge is 2.27. The van der Waals surface area contributed by atoms with Crippen molar-refractivity contribution in [1.82, 2.24) is 14.4 Å². The average molecular weight is 535 g/mol. The van der Waals surface area contributed by atoms with Gasteiger partial charge in [0.2, 0.25) is 21.8 Å². The number of rotatable bonds is 11. The number of hydrogen-bond acceptors (Lipinski definition) is 7. The number of anilines is 1. The van der Waals surface area contributed by atoms with Crippen molar-refractivity contribution in [2.24, 2.45) is 0 Å². The van der Waals surface area contributed by atoms with E-state index in [1.807, 2.05) is 56.3 Å². The van der Waals surface area contributed by atoms with Crippen LogP contribution in [0.5, 0.6) is 5.75 Å². The van der Waals surface area contributed by atoms with E-state index in [-0.39, 0.29) is 23.9 Å². The number of aromatic nitrogens is 2. The van der Waals surface area contributed by atoms with Crippen LogP contribution in [0.4, 0.5) is 5.69 Å². The monoisotopic (exact) mass is 534 g/mol. The summed E-state index contributed by atoms with van der Waals surface area (Å²) >= 11 is 0. The van der Waals surface area contributed by atoms with Crippen molar-refractivity contribution in [1.29, 1.82) is 0 Å². The van der Waals surface area contributed by atoms with Crippen LogP contribution in [0, 0.1) is 0 Å². The van der Waals surface area contributed by atoms with Crippen LogP contribution in [0.3, 0.4) is 0 Å². The molecule has 3 aromatic carbocycles. The highest BCUT2D eigenvalue weighted by atomic mass is 32.2. The maximum atomic E-state index is 13.5. The molecule has 9 nitrogen and oxygen atoms in total. The lowest BCUT2D eigenvalue weighted by molar-refractivity contribution is -0.116. The van der Waals surface area contributed by atoms with Gasteiger partial charge in [0, 0.05) is 24.6 Å². The van der Waals surface area contributed by atoms with Crippen LogP contribution in [0.1, 0.15) is 42.6 Å². The van der Waals surface area contributed by atoms with Gasteiger partial charge in [0.15, 0.2) is 5.82 Å². The molecule has 0 aliphatic rings. The molecule has 198 valence electrons. The molecule has 38 heavy (non-hydrogen) atoms. The summed E-state index contributed by atoms with van der Waals surface area (Å²) in [5.41, 5.74) is 2.27. The Hall–Kier alpha value is -4.02.